The van der Waals surface area contributed by atoms with Gasteiger partial charge in [-0.25, -0.2) is 0 Å². The highest BCUT2D eigenvalue weighted by atomic mass is 32.1. The molecule has 0 aliphatic carbocycles. The van der Waals surface area contributed by atoms with Crippen molar-refractivity contribution in [3.05, 3.63) is 11.9 Å². The minimum absolute atomic E-state index is 0.0162. The highest BCUT2D eigenvalue weighted by Crippen LogP contribution is 2.32. The van der Waals surface area contributed by atoms with E-state index in [0.29, 0.717) is 18.7 Å². The first-order valence-corrected chi connectivity index (χ1v) is 7.31. The van der Waals surface area contributed by atoms with Crippen LogP contribution >= 0.6 is 11.7 Å². The number of carboxylic acid groups (broad SMARTS) is 1. The van der Waals surface area contributed by atoms with Gasteiger partial charge in [0.15, 0.2) is 5.69 Å². The molecule has 1 heterocycles. The molecule has 20 heavy (non-hydrogen) atoms. The van der Waals surface area contributed by atoms with E-state index in [1.165, 1.54) is 6.20 Å². The monoisotopic (exact) mass is 299 g/mol. The molecule has 1 amide bonds. The molecule has 6 nitrogen and oxygen atoms in total. The van der Waals surface area contributed by atoms with Crippen molar-refractivity contribution in [3.63, 3.8) is 0 Å². The van der Waals surface area contributed by atoms with Crippen LogP contribution in [0.5, 0.6) is 0 Å². The van der Waals surface area contributed by atoms with E-state index in [1.54, 1.807) is 0 Å². The summed E-state index contributed by atoms with van der Waals surface area (Å²) in [4.78, 5) is 22.4. The Morgan fingerprint density at radius 3 is 2.60 bits per heavy atom. The molecule has 0 radical (unpaired) electrons. The molecule has 0 aliphatic rings. The number of amides is 1. The summed E-state index contributed by atoms with van der Waals surface area (Å²) in [7, 11) is 0. The lowest BCUT2D eigenvalue weighted by Gasteiger charge is -2.30. The second kappa shape index (κ2) is 7.33. The average molecular weight is 299 g/mol. The molecule has 1 aromatic rings. The zero-order valence-electron chi connectivity index (χ0n) is 12.0. The molecule has 0 fully saturated rings. The molecule has 0 bridgehead atoms. The fraction of sp³-hybridized carbons (Fsp3) is 0.692. The number of rotatable bonds is 7. The second-order valence-corrected chi connectivity index (χ2v) is 6.39. The second-order valence-electron chi connectivity index (χ2n) is 5.83. The van der Waals surface area contributed by atoms with Crippen LogP contribution in [0.25, 0.3) is 0 Å². The zero-order chi connectivity index (χ0) is 15.2. The third-order valence-electron chi connectivity index (χ3n) is 3.30. The Morgan fingerprint density at radius 1 is 1.40 bits per heavy atom. The van der Waals surface area contributed by atoms with E-state index in [2.05, 4.69) is 34.8 Å². The number of hydrogen-bond acceptors (Lipinski definition) is 5. The number of nitrogens with one attached hydrogen (secondary N) is 1. The normalized spacial score (nSPS) is 12.9. The van der Waals surface area contributed by atoms with Crippen molar-refractivity contribution in [2.45, 2.75) is 40.0 Å². The minimum atomic E-state index is -0.781. The predicted octanol–water partition coefficient (Wildman–Crippen LogP) is 2.19. The molecule has 7 heteroatoms. The zero-order valence-corrected chi connectivity index (χ0v) is 12.9. The van der Waals surface area contributed by atoms with Gasteiger partial charge in [-0.05, 0) is 24.2 Å². The van der Waals surface area contributed by atoms with E-state index in [-0.39, 0.29) is 23.7 Å². The summed E-state index contributed by atoms with van der Waals surface area (Å²) in [6, 6.07) is 0. The molecule has 1 unspecified atom stereocenters. The lowest BCUT2D eigenvalue weighted by Crippen LogP contribution is -2.30. The Morgan fingerprint density at radius 2 is 2.10 bits per heavy atom. The summed E-state index contributed by atoms with van der Waals surface area (Å²) >= 11 is 0.997. The van der Waals surface area contributed by atoms with Crippen molar-refractivity contribution in [3.8, 4) is 0 Å². The van der Waals surface area contributed by atoms with Crippen molar-refractivity contribution < 1.29 is 14.7 Å². The maximum Gasteiger partial charge on any atom is 0.303 e. The lowest BCUT2D eigenvalue weighted by atomic mass is 9.76. The maximum atomic E-state index is 11.7. The Bertz CT molecular complexity index is 440. The van der Waals surface area contributed by atoms with Gasteiger partial charge in [0.2, 0.25) is 0 Å². The molecule has 0 aliphatic heterocycles. The maximum absolute atomic E-state index is 11.7. The van der Waals surface area contributed by atoms with Crippen LogP contribution in [0.15, 0.2) is 6.20 Å². The number of nitrogens with zero attached hydrogens (tertiary/aromatic N) is 2. The molecule has 1 aromatic heterocycles. The fourth-order valence-electron chi connectivity index (χ4n) is 2.02. The first kappa shape index (κ1) is 16.6. The van der Waals surface area contributed by atoms with E-state index in [0.717, 1.165) is 18.1 Å². The number of aliphatic carboxylic acids is 1. The third kappa shape index (κ3) is 5.64. The molecule has 1 atom stereocenters. The van der Waals surface area contributed by atoms with E-state index >= 15 is 0 Å². The highest BCUT2D eigenvalue weighted by Gasteiger charge is 2.25. The summed E-state index contributed by atoms with van der Waals surface area (Å²) in [6.45, 7) is 6.78. The lowest BCUT2D eigenvalue weighted by molar-refractivity contribution is -0.137. The van der Waals surface area contributed by atoms with Crippen LogP contribution in [0.3, 0.4) is 0 Å². The van der Waals surface area contributed by atoms with Gasteiger partial charge >= 0.3 is 5.97 Å². The summed E-state index contributed by atoms with van der Waals surface area (Å²) < 4.78 is 7.64. The number of carbonyl (C=O) groups is 2. The minimum Gasteiger partial charge on any atom is -0.481 e. The summed E-state index contributed by atoms with van der Waals surface area (Å²) in [6.07, 6.45) is 2.96. The van der Waals surface area contributed by atoms with Gasteiger partial charge in [0, 0.05) is 13.0 Å². The molecule has 0 saturated carbocycles. The molecular weight excluding hydrogens is 278 g/mol. The summed E-state index contributed by atoms with van der Waals surface area (Å²) in [5.74, 6) is -0.770. The van der Waals surface area contributed by atoms with Crippen molar-refractivity contribution in [1.82, 2.24) is 14.1 Å². The fourth-order valence-corrected chi connectivity index (χ4v) is 2.44. The number of carbonyl (C=O) groups excluding carboxylic acids is 1. The van der Waals surface area contributed by atoms with E-state index < -0.39 is 5.97 Å². The van der Waals surface area contributed by atoms with Crippen LogP contribution in [0.4, 0.5) is 0 Å². The van der Waals surface area contributed by atoms with Gasteiger partial charge in [-0.2, -0.15) is 8.75 Å². The molecule has 0 spiro atoms. The SMILES string of the molecule is CC(C)(C)C(CCNC(=O)c1cnsn1)CCC(=O)O. The van der Waals surface area contributed by atoms with Gasteiger partial charge < -0.3 is 10.4 Å². The Balaban J connectivity index is 2.42. The van der Waals surface area contributed by atoms with Gasteiger partial charge in [-0.1, -0.05) is 20.8 Å². The molecular formula is C13H21N3O3S. The topological polar surface area (TPSA) is 92.2 Å². The van der Waals surface area contributed by atoms with E-state index in [9.17, 15) is 9.59 Å². The standard InChI is InChI=1S/C13H21N3O3S/c1-13(2,3)9(4-5-11(17)18)6-7-14-12(19)10-8-15-20-16-10/h8-9H,4-7H2,1-3H3,(H,14,19)(H,17,18). The predicted molar refractivity (Wildman–Crippen MR) is 76.7 cm³/mol. The first-order chi connectivity index (χ1) is 9.30. The van der Waals surface area contributed by atoms with Crippen molar-refractivity contribution in [2.24, 2.45) is 11.3 Å². The molecule has 112 valence electrons. The van der Waals surface area contributed by atoms with Crippen LogP contribution in [-0.4, -0.2) is 32.3 Å². The molecule has 0 aromatic carbocycles. The molecule has 1 rings (SSSR count). The number of carboxylic acids is 1. The van der Waals surface area contributed by atoms with E-state index in [4.69, 9.17) is 5.11 Å². The Hall–Kier alpha value is -1.50. The smallest absolute Gasteiger partial charge is 0.303 e. The Kier molecular flexibility index (Phi) is 6.06. The van der Waals surface area contributed by atoms with Crippen LogP contribution in [0, 0.1) is 11.3 Å². The molecule has 2 N–H and O–H groups in total. The van der Waals surface area contributed by atoms with Crippen molar-refractivity contribution in [1.29, 1.82) is 0 Å². The largest absolute Gasteiger partial charge is 0.481 e. The van der Waals surface area contributed by atoms with Gasteiger partial charge in [0.05, 0.1) is 17.9 Å². The summed E-state index contributed by atoms with van der Waals surface area (Å²) in [5, 5.41) is 11.6. The Labute approximate surface area is 122 Å². The van der Waals surface area contributed by atoms with Crippen LogP contribution in [0.2, 0.25) is 0 Å². The van der Waals surface area contributed by atoms with Crippen molar-refractivity contribution in [2.75, 3.05) is 6.54 Å². The quantitative estimate of drug-likeness (QED) is 0.805. The van der Waals surface area contributed by atoms with Gasteiger partial charge in [0.1, 0.15) is 0 Å². The van der Waals surface area contributed by atoms with Crippen LogP contribution in [-0.2, 0) is 4.79 Å². The summed E-state index contributed by atoms with van der Waals surface area (Å²) in [5.41, 5.74) is 0.343. The van der Waals surface area contributed by atoms with Gasteiger partial charge in [0.25, 0.3) is 5.91 Å². The van der Waals surface area contributed by atoms with Crippen LogP contribution < -0.4 is 5.32 Å². The van der Waals surface area contributed by atoms with Gasteiger partial charge in [-0.3, -0.25) is 9.59 Å². The number of aromatic nitrogens is 2. The van der Waals surface area contributed by atoms with Crippen molar-refractivity contribution >= 4 is 23.6 Å². The van der Waals surface area contributed by atoms with Crippen LogP contribution in [0.1, 0.15) is 50.5 Å². The van der Waals surface area contributed by atoms with Gasteiger partial charge in [-0.15, -0.1) is 0 Å². The molecule has 0 saturated heterocycles. The number of hydrogen-bond donors (Lipinski definition) is 2. The van der Waals surface area contributed by atoms with E-state index in [1.807, 2.05) is 0 Å². The third-order valence-corrected chi connectivity index (χ3v) is 3.78. The first-order valence-electron chi connectivity index (χ1n) is 6.58. The average Bonchev–Trinajstić information content (AvgIpc) is 2.84. The highest BCUT2D eigenvalue weighted by molar-refractivity contribution is 6.99.